The minimum absolute atomic E-state index is 0.539. The molecule has 0 amide bonds. The second-order valence-electron chi connectivity index (χ2n) is 14.9. The first-order valence-corrected chi connectivity index (χ1v) is 34.0. The van der Waals surface area contributed by atoms with E-state index in [1.54, 1.807) is 0 Å². The Labute approximate surface area is 273 Å². The Balaban J connectivity index is 2.39. The molecule has 0 radical (unpaired) electrons. The van der Waals surface area contributed by atoms with Crippen molar-refractivity contribution in [2.45, 2.75) is 78.6 Å². The molecular weight excluding hydrogens is 669 g/mol. The van der Waals surface area contributed by atoms with Gasteiger partial charge in [0.2, 0.25) is 0 Å². The molecule has 0 unspecified atom stereocenters. The van der Waals surface area contributed by atoms with Gasteiger partial charge >= 0.3 is 26.4 Å². The molecule has 0 saturated heterocycles. The van der Waals surface area contributed by atoms with E-state index in [0.717, 1.165) is 10.4 Å². The molecule has 3 aromatic rings. The highest BCUT2D eigenvalue weighted by Gasteiger charge is 2.63. The van der Waals surface area contributed by atoms with Crippen molar-refractivity contribution >= 4 is 75.2 Å². The Morgan fingerprint density at radius 2 is 0.568 bits per heavy atom. The Morgan fingerprint density at radius 1 is 0.341 bits per heavy atom. The molecular formula is C30H52O7Si7. The SMILES string of the molecule is C[Si](C)(C)O[Si](O[Si](C)(C)C)(O[Si](O)(O[Si](O[Si](C)(C)C)(O[Si](C)(C)C)c1ccccc1)c1ccccc1)c1ccccc1. The first kappa shape index (κ1) is 37.4. The summed E-state index contributed by atoms with van der Waals surface area (Å²) < 4.78 is 42.6. The van der Waals surface area contributed by atoms with Crippen LogP contribution in [0.5, 0.6) is 0 Å². The van der Waals surface area contributed by atoms with E-state index in [2.05, 4.69) is 78.6 Å². The fraction of sp³-hybridized carbons (Fsp3) is 0.400. The van der Waals surface area contributed by atoms with Crippen LogP contribution in [0.2, 0.25) is 78.6 Å². The lowest BCUT2D eigenvalue weighted by molar-refractivity contribution is 0.159. The zero-order valence-electron chi connectivity index (χ0n) is 28.6. The Morgan fingerprint density at radius 3 is 0.795 bits per heavy atom. The summed E-state index contributed by atoms with van der Waals surface area (Å²) in [6.07, 6.45) is 0. The summed E-state index contributed by atoms with van der Waals surface area (Å²) in [5.74, 6) is 0. The van der Waals surface area contributed by atoms with E-state index in [1.165, 1.54) is 0 Å². The van der Waals surface area contributed by atoms with Crippen LogP contribution in [0.1, 0.15) is 0 Å². The number of benzene rings is 3. The first-order valence-electron chi connectivity index (χ1n) is 15.2. The van der Waals surface area contributed by atoms with E-state index in [9.17, 15) is 4.80 Å². The van der Waals surface area contributed by atoms with Gasteiger partial charge in [-0.25, -0.2) is 0 Å². The predicted octanol–water partition coefficient (Wildman–Crippen LogP) is 5.96. The highest BCUT2D eigenvalue weighted by Crippen LogP contribution is 2.30. The first-order chi connectivity index (χ1) is 20.1. The van der Waals surface area contributed by atoms with Crippen molar-refractivity contribution in [1.82, 2.24) is 0 Å². The summed E-state index contributed by atoms with van der Waals surface area (Å²) in [5, 5.41) is 2.12. The highest BCUT2D eigenvalue weighted by atomic mass is 28.5. The van der Waals surface area contributed by atoms with Gasteiger partial charge in [-0.1, -0.05) is 91.0 Å². The molecule has 0 aliphatic carbocycles. The van der Waals surface area contributed by atoms with E-state index < -0.39 is 59.7 Å². The normalized spacial score (nSPS) is 14.1. The maximum atomic E-state index is 13.2. The predicted molar refractivity (Wildman–Crippen MR) is 198 cm³/mol. The molecule has 14 heteroatoms. The number of hydrogen-bond acceptors (Lipinski definition) is 7. The molecule has 3 aromatic carbocycles. The molecule has 0 fully saturated rings. The van der Waals surface area contributed by atoms with Crippen LogP contribution in [-0.2, 0) is 24.7 Å². The van der Waals surface area contributed by atoms with Gasteiger partial charge in [0.05, 0.1) is 0 Å². The summed E-state index contributed by atoms with van der Waals surface area (Å²) in [6.45, 7) is 25.4. The molecule has 3 rings (SSSR count). The maximum Gasteiger partial charge on any atom is 0.520 e. The lowest BCUT2D eigenvalue weighted by atomic mass is 10.4. The maximum absolute atomic E-state index is 13.2. The molecule has 0 aliphatic heterocycles. The zero-order valence-corrected chi connectivity index (χ0v) is 35.6. The van der Waals surface area contributed by atoms with Crippen molar-refractivity contribution in [2.24, 2.45) is 0 Å². The molecule has 7 nitrogen and oxygen atoms in total. The third kappa shape index (κ3) is 11.0. The van der Waals surface area contributed by atoms with Gasteiger partial charge in [0.25, 0.3) is 0 Å². The highest BCUT2D eigenvalue weighted by molar-refractivity contribution is 7.00. The van der Waals surface area contributed by atoms with Crippen LogP contribution in [0, 0.1) is 0 Å². The van der Waals surface area contributed by atoms with E-state index in [-0.39, 0.29) is 0 Å². The molecule has 0 saturated carbocycles. The van der Waals surface area contributed by atoms with Gasteiger partial charge in [-0.15, -0.1) is 0 Å². The van der Waals surface area contributed by atoms with Crippen LogP contribution >= 0.6 is 0 Å². The molecule has 0 atom stereocenters. The molecule has 0 heterocycles. The smallest absolute Gasteiger partial charge is 0.413 e. The minimum Gasteiger partial charge on any atom is -0.413 e. The van der Waals surface area contributed by atoms with Crippen LogP contribution in [0.4, 0.5) is 0 Å². The molecule has 0 spiro atoms. The van der Waals surface area contributed by atoms with Gasteiger partial charge in [0.1, 0.15) is 0 Å². The molecule has 0 aliphatic rings. The summed E-state index contributed by atoms with van der Waals surface area (Å²) >= 11 is 0. The van der Waals surface area contributed by atoms with Crippen molar-refractivity contribution in [2.75, 3.05) is 0 Å². The van der Waals surface area contributed by atoms with E-state index in [4.69, 9.17) is 24.7 Å². The average Bonchev–Trinajstić information content (AvgIpc) is 2.86. The lowest BCUT2D eigenvalue weighted by Crippen LogP contribution is -2.76. The Kier molecular flexibility index (Phi) is 11.8. The average molecular weight is 721 g/mol. The van der Waals surface area contributed by atoms with Gasteiger partial charge < -0.3 is 29.5 Å². The largest absolute Gasteiger partial charge is 0.520 e. The van der Waals surface area contributed by atoms with Crippen molar-refractivity contribution in [3.63, 3.8) is 0 Å². The summed E-state index contributed by atoms with van der Waals surface area (Å²) in [4.78, 5) is 13.2. The fourth-order valence-electron chi connectivity index (χ4n) is 4.53. The summed E-state index contributed by atoms with van der Waals surface area (Å²) in [6, 6.07) is 29.0. The van der Waals surface area contributed by atoms with E-state index >= 15 is 0 Å². The molecule has 0 aromatic heterocycles. The lowest BCUT2D eigenvalue weighted by Gasteiger charge is -2.46. The molecule has 242 valence electrons. The van der Waals surface area contributed by atoms with Crippen LogP contribution < -0.4 is 15.6 Å². The molecule has 1 N–H and O–H groups in total. The standard InChI is InChI=1S/C30H52O7Si7/c1-38(2,3)32-43(33-39(4,5)6,29-24-18-14-19-25-29)36-42(31,28-22-16-13-17-23-28)37-44(34-40(7,8)9,35-41(10,11)12)30-26-20-15-21-27-30/h13-27,31H,1-12H3. The van der Waals surface area contributed by atoms with Crippen LogP contribution in [0.3, 0.4) is 0 Å². The summed E-state index contributed by atoms with van der Waals surface area (Å²) in [7, 11) is -21.4. The molecule has 0 bridgehead atoms. The van der Waals surface area contributed by atoms with E-state index in [0.29, 0.717) is 5.19 Å². The van der Waals surface area contributed by atoms with Crippen molar-refractivity contribution in [3.8, 4) is 0 Å². The van der Waals surface area contributed by atoms with E-state index in [1.807, 2.05) is 91.0 Å². The Bertz CT molecular complexity index is 1210. The van der Waals surface area contributed by atoms with Gasteiger partial charge in [0, 0.05) is 15.6 Å². The number of rotatable bonds is 15. The van der Waals surface area contributed by atoms with Gasteiger partial charge in [-0.05, 0) is 78.6 Å². The second kappa shape index (κ2) is 13.9. The van der Waals surface area contributed by atoms with Gasteiger partial charge in [-0.2, -0.15) is 0 Å². The molecule has 44 heavy (non-hydrogen) atoms. The van der Waals surface area contributed by atoms with Crippen LogP contribution in [0.25, 0.3) is 0 Å². The topological polar surface area (TPSA) is 75.6 Å². The third-order valence-electron chi connectivity index (χ3n) is 5.70. The quantitative estimate of drug-likeness (QED) is 0.195. The van der Waals surface area contributed by atoms with Crippen LogP contribution in [-0.4, -0.2) is 64.5 Å². The summed E-state index contributed by atoms with van der Waals surface area (Å²) in [5.41, 5.74) is 0. The van der Waals surface area contributed by atoms with Gasteiger partial charge in [0.15, 0.2) is 33.3 Å². The Hall–Kier alpha value is -1.10. The second-order valence-corrected chi connectivity index (χ2v) is 41.8. The third-order valence-corrected chi connectivity index (χ3v) is 27.3. The zero-order chi connectivity index (χ0) is 33.1. The fourth-order valence-corrected chi connectivity index (χ4v) is 29.7. The number of hydrogen-bond donors (Lipinski definition) is 1. The minimum atomic E-state index is -4.45. The van der Waals surface area contributed by atoms with Crippen molar-refractivity contribution in [3.05, 3.63) is 91.0 Å². The van der Waals surface area contributed by atoms with Crippen molar-refractivity contribution < 1.29 is 29.5 Å². The van der Waals surface area contributed by atoms with Crippen LogP contribution in [0.15, 0.2) is 91.0 Å². The van der Waals surface area contributed by atoms with Crippen molar-refractivity contribution in [1.29, 1.82) is 0 Å². The van der Waals surface area contributed by atoms with Gasteiger partial charge in [-0.3, -0.25) is 0 Å². The monoisotopic (exact) mass is 720 g/mol.